The Bertz CT molecular complexity index is 628. The zero-order valence-electron chi connectivity index (χ0n) is 14.5. The van der Waals surface area contributed by atoms with Crippen LogP contribution in [-0.4, -0.2) is 35.6 Å². The number of para-hydroxylation sites is 1. The minimum Gasteiger partial charge on any atom is -0.494 e. The van der Waals surface area contributed by atoms with E-state index in [1.54, 1.807) is 0 Å². The van der Waals surface area contributed by atoms with E-state index < -0.39 is 5.92 Å². The third kappa shape index (κ3) is 3.70. The van der Waals surface area contributed by atoms with Gasteiger partial charge in [0.25, 0.3) is 0 Å². The van der Waals surface area contributed by atoms with Crippen molar-refractivity contribution in [1.29, 1.82) is 0 Å². The molecule has 1 aliphatic heterocycles. The SMILES string of the molecule is C=C1NC(=S)N[C@H](c2ccccc2OCC)[C@H]1C(=O)N(CC)CC. The Morgan fingerprint density at radius 3 is 2.58 bits per heavy atom. The van der Waals surface area contributed by atoms with Crippen molar-refractivity contribution in [1.82, 2.24) is 15.5 Å². The van der Waals surface area contributed by atoms with Crippen LogP contribution in [0.25, 0.3) is 0 Å². The molecule has 130 valence electrons. The van der Waals surface area contributed by atoms with Crippen LogP contribution in [0.5, 0.6) is 5.75 Å². The van der Waals surface area contributed by atoms with Crippen LogP contribution >= 0.6 is 12.2 Å². The first-order valence-electron chi connectivity index (χ1n) is 8.30. The van der Waals surface area contributed by atoms with E-state index >= 15 is 0 Å². The van der Waals surface area contributed by atoms with Crippen molar-refractivity contribution in [3.05, 3.63) is 42.1 Å². The molecule has 1 amide bonds. The highest BCUT2D eigenvalue weighted by atomic mass is 32.1. The highest BCUT2D eigenvalue weighted by Crippen LogP contribution is 2.35. The molecule has 1 aromatic rings. The van der Waals surface area contributed by atoms with E-state index in [2.05, 4.69) is 17.2 Å². The largest absolute Gasteiger partial charge is 0.494 e. The molecule has 1 aromatic carbocycles. The lowest BCUT2D eigenvalue weighted by Crippen LogP contribution is -2.53. The predicted molar refractivity (Wildman–Crippen MR) is 99.8 cm³/mol. The molecular weight excluding hydrogens is 322 g/mol. The fourth-order valence-corrected chi connectivity index (χ4v) is 3.25. The van der Waals surface area contributed by atoms with E-state index in [9.17, 15) is 4.79 Å². The van der Waals surface area contributed by atoms with Gasteiger partial charge in [0.15, 0.2) is 5.11 Å². The molecule has 1 aliphatic rings. The molecule has 0 bridgehead atoms. The zero-order valence-corrected chi connectivity index (χ0v) is 15.3. The summed E-state index contributed by atoms with van der Waals surface area (Å²) in [5, 5.41) is 6.70. The fourth-order valence-electron chi connectivity index (χ4n) is 2.99. The molecule has 24 heavy (non-hydrogen) atoms. The second-order valence-electron chi connectivity index (χ2n) is 5.56. The second-order valence-corrected chi connectivity index (χ2v) is 5.97. The number of hydrogen-bond donors (Lipinski definition) is 2. The van der Waals surface area contributed by atoms with E-state index in [1.165, 1.54) is 0 Å². The van der Waals surface area contributed by atoms with Crippen LogP contribution in [0.4, 0.5) is 0 Å². The molecule has 1 fully saturated rings. The molecule has 0 unspecified atom stereocenters. The molecule has 5 nitrogen and oxygen atoms in total. The van der Waals surface area contributed by atoms with Crippen molar-refractivity contribution in [2.75, 3.05) is 19.7 Å². The lowest BCUT2D eigenvalue weighted by Gasteiger charge is -2.38. The van der Waals surface area contributed by atoms with Crippen LogP contribution in [0, 0.1) is 5.92 Å². The molecule has 0 aliphatic carbocycles. The number of rotatable bonds is 6. The third-order valence-corrected chi connectivity index (χ3v) is 4.38. The maximum absolute atomic E-state index is 13.0. The number of nitrogens with one attached hydrogen (secondary N) is 2. The Labute approximate surface area is 149 Å². The molecule has 0 spiro atoms. The Balaban J connectivity index is 2.45. The molecule has 6 heteroatoms. The van der Waals surface area contributed by atoms with Gasteiger partial charge in [-0.2, -0.15) is 0 Å². The highest BCUT2D eigenvalue weighted by Gasteiger charge is 2.39. The van der Waals surface area contributed by atoms with Crippen LogP contribution < -0.4 is 15.4 Å². The second kappa shape index (κ2) is 8.15. The van der Waals surface area contributed by atoms with Gasteiger partial charge in [0, 0.05) is 24.4 Å². The standard InChI is InChI=1S/C18H25N3O2S/c1-5-21(6-2)17(22)15-12(4)19-18(24)20-16(15)13-10-8-9-11-14(13)23-7-3/h8-11,15-16H,4-7H2,1-3H3,(H2,19,20,24)/t15-,16+/m0/s1. The van der Waals surface area contributed by atoms with Crippen LogP contribution in [-0.2, 0) is 4.79 Å². The van der Waals surface area contributed by atoms with E-state index in [0.29, 0.717) is 30.5 Å². The van der Waals surface area contributed by atoms with E-state index in [-0.39, 0.29) is 11.9 Å². The van der Waals surface area contributed by atoms with Gasteiger partial charge in [-0.3, -0.25) is 4.79 Å². The predicted octanol–water partition coefficient (Wildman–Crippen LogP) is 2.60. The van der Waals surface area contributed by atoms with Gasteiger partial charge in [-0.15, -0.1) is 0 Å². The molecule has 2 N–H and O–H groups in total. The van der Waals surface area contributed by atoms with Crippen LogP contribution in [0.2, 0.25) is 0 Å². The number of nitrogens with zero attached hydrogens (tertiary/aromatic N) is 1. The number of benzene rings is 1. The first-order valence-corrected chi connectivity index (χ1v) is 8.71. The van der Waals surface area contributed by atoms with Crippen LogP contribution in [0.3, 0.4) is 0 Å². The maximum Gasteiger partial charge on any atom is 0.234 e. The summed E-state index contributed by atoms with van der Waals surface area (Å²) in [6.45, 7) is 11.8. The molecule has 0 radical (unpaired) electrons. The third-order valence-electron chi connectivity index (χ3n) is 4.16. The topological polar surface area (TPSA) is 53.6 Å². The number of carbonyl (C=O) groups is 1. The van der Waals surface area contributed by atoms with Crippen molar-refractivity contribution in [3.63, 3.8) is 0 Å². The van der Waals surface area contributed by atoms with E-state index in [1.807, 2.05) is 49.9 Å². The zero-order chi connectivity index (χ0) is 17.7. The van der Waals surface area contributed by atoms with Crippen molar-refractivity contribution < 1.29 is 9.53 Å². The summed E-state index contributed by atoms with van der Waals surface area (Å²) < 4.78 is 5.74. The Morgan fingerprint density at radius 2 is 1.96 bits per heavy atom. The quantitative estimate of drug-likeness (QED) is 0.775. The summed E-state index contributed by atoms with van der Waals surface area (Å²) in [5.41, 5.74) is 1.53. The molecule has 2 rings (SSSR count). The van der Waals surface area contributed by atoms with Crippen molar-refractivity contribution in [3.8, 4) is 5.75 Å². The van der Waals surface area contributed by atoms with Crippen molar-refractivity contribution >= 4 is 23.2 Å². The molecule has 2 atom stereocenters. The number of carbonyl (C=O) groups excluding carboxylic acids is 1. The monoisotopic (exact) mass is 347 g/mol. The Morgan fingerprint density at radius 1 is 1.29 bits per heavy atom. The summed E-state index contributed by atoms with van der Waals surface area (Å²) in [6.07, 6.45) is 0. The number of amides is 1. The Hall–Kier alpha value is -2.08. The molecular formula is C18H25N3O2S. The summed E-state index contributed by atoms with van der Waals surface area (Å²) >= 11 is 5.28. The molecule has 1 saturated heterocycles. The van der Waals surface area contributed by atoms with Crippen molar-refractivity contribution in [2.24, 2.45) is 5.92 Å². The van der Waals surface area contributed by atoms with Crippen molar-refractivity contribution in [2.45, 2.75) is 26.8 Å². The van der Waals surface area contributed by atoms with Gasteiger partial charge < -0.3 is 20.3 Å². The van der Waals surface area contributed by atoms with E-state index in [4.69, 9.17) is 17.0 Å². The summed E-state index contributed by atoms with van der Waals surface area (Å²) in [6, 6.07) is 7.43. The maximum atomic E-state index is 13.0. The minimum atomic E-state index is -0.446. The van der Waals surface area contributed by atoms with E-state index in [0.717, 1.165) is 11.3 Å². The number of ether oxygens (including phenoxy) is 1. The summed E-state index contributed by atoms with van der Waals surface area (Å²) in [7, 11) is 0. The van der Waals surface area contributed by atoms with Gasteiger partial charge in [0.2, 0.25) is 5.91 Å². The van der Waals surface area contributed by atoms with Gasteiger partial charge >= 0.3 is 0 Å². The minimum absolute atomic E-state index is 0.0313. The lowest BCUT2D eigenvalue weighted by molar-refractivity contribution is -0.135. The lowest BCUT2D eigenvalue weighted by atomic mass is 9.87. The molecule has 0 saturated carbocycles. The smallest absolute Gasteiger partial charge is 0.234 e. The average molecular weight is 347 g/mol. The Kier molecular flexibility index (Phi) is 6.20. The van der Waals surface area contributed by atoms with Crippen LogP contribution in [0.1, 0.15) is 32.4 Å². The van der Waals surface area contributed by atoms with Gasteiger partial charge in [-0.05, 0) is 39.1 Å². The normalized spacial score (nSPS) is 20.1. The van der Waals surface area contributed by atoms with Gasteiger partial charge in [0.05, 0.1) is 12.6 Å². The summed E-state index contributed by atoms with van der Waals surface area (Å²) in [5.74, 6) is 0.342. The number of thiocarbonyl (C=S) groups is 1. The van der Waals surface area contributed by atoms with Crippen LogP contribution in [0.15, 0.2) is 36.5 Å². The first-order chi connectivity index (χ1) is 11.5. The fraction of sp³-hybridized carbons (Fsp3) is 0.444. The summed E-state index contributed by atoms with van der Waals surface area (Å²) in [4.78, 5) is 14.8. The van der Waals surface area contributed by atoms with Gasteiger partial charge in [0.1, 0.15) is 11.7 Å². The van der Waals surface area contributed by atoms with Gasteiger partial charge in [-0.25, -0.2) is 0 Å². The first kappa shape index (κ1) is 18.3. The molecule has 0 aromatic heterocycles. The molecule has 1 heterocycles. The number of hydrogen-bond acceptors (Lipinski definition) is 3. The average Bonchev–Trinajstić information content (AvgIpc) is 2.56. The van der Waals surface area contributed by atoms with Gasteiger partial charge in [-0.1, -0.05) is 24.8 Å². The highest BCUT2D eigenvalue weighted by molar-refractivity contribution is 7.80.